The summed E-state index contributed by atoms with van der Waals surface area (Å²) < 4.78 is 10.9. The van der Waals surface area contributed by atoms with Gasteiger partial charge in [0, 0.05) is 40.5 Å². The molecular formula is C25H21N2O7-. The van der Waals surface area contributed by atoms with Gasteiger partial charge in [0.15, 0.2) is 6.61 Å². The fraction of sp³-hybridized carbons (Fsp3) is 0.240. The highest BCUT2D eigenvalue weighted by molar-refractivity contribution is 5.87. The van der Waals surface area contributed by atoms with E-state index < -0.39 is 24.5 Å². The molecule has 0 saturated carbocycles. The Labute approximate surface area is 193 Å². The lowest BCUT2D eigenvalue weighted by molar-refractivity contribution is -0.308. The molecule has 0 saturated heterocycles. The molecule has 1 aliphatic rings. The number of phenols is 1. The van der Waals surface area contributed by atoms with Crippen LogP contribution in [-0.4, -0.2) is 34.6 Å². The summed E-state index contributed by atoms with van der Waals surface area (Å²) in [6.45, 7) is -0.431. The lowest BCUT2D eigenvalue weighted by atomic mass is 10.0. The molecule has 3 N–H and O–H groups in total. The van der Waals surface area contributed by atoms with Gasteiger partial charge in [0.1, 0.15) is 17.1 Å². The van der Waals surface area contributed by atoms with Crippen LogP contribution in [0.3, 0.4) is 0 Å². The summed E-state index contributed by atoms with van der Waals surface area (Å²) in [5.41, 5.74) is 3.10. The number of hydrogen-bond acceptors (Lipinski definition) is 7. The summed E-state index contributed by atoms with van der Waals surface area (Å²) >= 11 is 0. The Hall–Kier alpha value is -4.27. The normalized spacial score (nSPS) is 13.6. The van der Waals surface area contributed by atoms with Crippen molar-refractivity contribution < 1.29 is 29.0 Å². The van der Waals surface area contributed by atoms with Gasteiger partial charge in [-0.2, -0.15) is 0 Å². The standard InChI is InChI=1S/C25H22N2O7/c28-14-4-7-20-19(9-14)13(11-26-20)8-21(24(30)31)27-23(29)12-33-15-5-6-17-16-2-1-3-18(16)25(32)34-22(17)10-15/h4-7,9-11,21,26,28H,1-3,8,12H2,(H,27,29)(H,30,31)/p-1/t21-/m1/s1. The average molecular weight is 461 g/mol. The predicted molar refractivity (Wildman–Crippen MR) is 121 cm³/mol. The van der Waals surface area contributed by atoms with E-state index in [9.17, 15) is 24.6 Å². The number of amides is 1. The van der Waals surface area contributed by atoms with E-state index in [0.717, 1.165) is 34.9 Å². The number of nitrogens with one attached hydrogen (secondary N) is 2. The molecular weight excluding hydrogens is 440 g/mol. The summed E-state index contributed by atoms with van der Waals surface area (Å²) in [6, 6.07) is 8.45. The molecule has 1 aliphatic carbocycles. The van der Waals surface area contributed by atoms with E-state index in [2.05, 4.69) is 10.3 Å². The van der Waals surface area contributed by atoms with Gasteiger partial charge < -0.3 is 34.5 Å². The van der Waals surface area contributed by atoms with Crippen LogP contribution in [0, 0.1) is 0 Å². The van der Waals surface area contributed by atoms with E-state index in [1.54, 1.807) is 30.5 Å². The molecule has 9 heteroatoms. The van der Waals surface area contributed by atoms with Crippen molar-refractivity contribution >= 4 is 33.7 Å². The number of fused-ring (bicyclic) bond motifs is 4. The third-order valence-electron chi connectivity index (χ3n) is 6.11. The van der Waals surface area contributed by atoms with E-state index >= 15 is 0 Å². The van der Waals surface area contributed by atoms with Crippen LogP contribution in [0.2, 0.25) is 0 Å². The molecule has 9 nitrogen and oxygen atoms in total. The number of carbonyl (C=O) groups excluding carboxylic acids is 2. The zero-order chi connectivity index (χ0) is 23.8. The smallest absolute Gasteiger partial charge is 0.339 e. The SMILES string of the molecule is O=C(COc1ccc2c3c(c(=O)oc2c1)CCC3)N[C@H](Cc1c[nH]c2ccc(O)cc12)C(=O)[O-]. The van der Waals surface area contributed by atoms with Gasteiger partial charge in [-0.3, -0.25) is 4.79 Å². The number of hydrogen-bond donors (Lipinski definition) is 3. The molecule has 2 aromatic carbocycles. The monoisotopic (exact) mass is 461 g/mol. The van der Waals surface area contributed by atoms with E-state index in [4.69, 9.17) is 9.15 Å². The third kappa shape index (κ3) is 4.07. The van der Waals surface area contributed by atoms with E-state index in [1.807, 2.05) is 0 Å². The molecule has 0 fully saturated rings. The first-order valence-electron chi connectivity index (χ1n) is 10.9. The molecule has 0 spiro atoms. The lowest BCUT2D eigenvalue weighted by Gasteiger charge is -2.19. The molecule has 0 radical (unpaired) electrons. The van der Waals surface area contributed by atoms with Gasteiger partial charge in [0.2, 0.25) is 0 Å². The molecule has 2 aromatic heterocycles. The average Bonchev–Trinajstić information content (AvgIpc) is 3.45. The van der Waals surface area contributed by atoms with Crippen molar-refractivity contribution in [1.29, 1.82) is 0 Å². The lowest BCUT2D eigenvalue weighted by Crippen LogP contribution is -2.50. The number of carboxylic acids is 1. The van der Waals surface area contributed by atoms with Gasteiger partial charge in [-0.1, -0.05) is 0 Å². The van der Waals surface area contributed by atoms with E-state index in [0.29, 0.717) is 28.7 Å². The van der Waals surface area contributed by atoms with Gasteiger partial charge >= 0.3 is 5.63 Å². The summed E-state index contributed by atoms with van der Waals surface area (Å²) in [5.74, 6) is -1.72. The Bertz CT molecular complexity index is 1480. The maximum atomic E-state index is 12.4. The number of aliphatic carboxylic acids is 1. The fourth-order valence-electron chi connectivity index (χ4n) is 4.49. The first-order chi connectivity index (χ1) is 16.4. The summed E-state index contributed by atoms with van der Waals surface area (Å²) in [7, 11) is 0. The quantitative estimate of drug-likeness (QED) is 0.352. The molecule has 0 bridgehead atoms. The minimum atomic E-state index is -1.44. The number of benzene rings is 2. The number of aromatic nitrogens is 1. The number of aryl methyl sites for hydroxylation is 1. The maximum Gasteiger partial charge on any atom is 0.339 e. The Balaban J connectivity index is 1.26. The highest BCUT2D eigenvalue weighted by Gasteiger charge is 2.20. The highest BCUT2D eigenvalue weighted by Crippen LogP contribution is 2.29. The van der Waals surface area contributed by atoms with Crippen LogP contribution in [0.4, 0.5) is 0 Å². The molecule has 1 atom stereocenters. The number of carboxylic acid groups (broad SMARTS) is 1. The predicted octanol–water partition coefficient (Wildman–Crippen LogP) is 1.32. The van der Waals surface area contributed by atoms with E-state index in [-0.39, 0.29) is 17.8 Å². The first kappa shape index (κ1) is 21.6. The molecule has 1 amide bonds. The second kappa shape index (κ2) is 8.58. The Morgan fingerprint density at radius 1 is 1.15 bits per heavy atom. The van der Waals surface area contributed by atoms with Crippen LogP contribution in [0.5, 0.6) is 11.5 Å². The Kier molecular flexibility index (Phi) is 5.45. The minimum Gasteiger partial charge on any atom is -0.548 e. The molecule has 5 rings (SSSR count). The number of rotatable bonds is 7. The Morgan fingerprint density at radius 2 is 1.97 bits per heavy atom. The van der Waals surface area contributed by atoms with Crippen LogP contribution in [0.15, 0.2) is 51.8 Å². The number of aromatic amines is 1. The summed E-state index contributed by atoms with van der Waals surface area (Å²) in [5, 5.41) is 25.3. The van der Waals surface area contributed by atoms with Crippen LogP contribution in [-0.2, 0) is 28.9 Å². The molecule has 34 heavy (non-hydrogen) atoms. The topological polar surface area (TPSA) is 145 Å². The molecule has 0 aliphatic heterocycles. The fourth-order valence-corrected chi connectivity index (χ4v) is 4.49. The van der Waals surface area contributed by atoms with Crippen LogP contribution >= 0.6 is 0 Å². The molecule has 174 valence electrons. The second-order valence-corrected chi connectivity index (χ2v) is 8.33. The number of H-pyrrole nitrogens is 1. The zero-order valence-electron chi connectivity index (χ0n) is 18.1. The number of carbonyl (C=O) groups is 2. The van der Waals surface area contributed by atoms with Gasteiger partial charge in [0.25, 0.3) is 5.91 Å². The van der Waals surface area contributed by atoms with Crippen molar-refractivity contribution in [1.82, 2.24) is 10.3 Å². The van der Waals surface area contributed by atoms with Crippen LogP contribution < -0.4 is 20.8 Å². The summed E-state index contributed by atoms with van der Waals surface area (Å²) in [4.78, 5) is 39.2. The largest absolute Gasteiger partial charge is 0.548 e. The van der Waals surface area contributed by atoms with Crippen LogP contribution in [0.1, 0.15) is 23.1 Å². The van der Waals surface area contributed by atoms with Crippen molar-refractivity contribution in [3.63, 3.8) is 0 Å². The van der Waals surface area contributed by atoms with Crippen molar-refractivity contribution in [2.75, 3.05) is 6.61 Å². The third-order valence-corrected chi connectivity index (χ3v) is 6.11. The molecule has 4 aromatic rings. The maximum absolute atomic E-state index is 12.4. The van der Waals surface area contributed by atoms with Crippen LogP contribution in [0.25, 0.3) is 21.9 Å². The van der Waals surface area contributed by atoms with Crippen molar-refractivity contribution in [2.24, 2.45) is 0 Å². The molecule has 0 unspecified atom stereocenters. The minimum absolute atomic E-state index is 0.0379. The van der Waals surface area contributed by atoms with Gasteiger partial charge in [-0.15, -0.1) is 0 Å². The van der Waals surface area contributed by atoms with Crippen molar-refractivity contribution in [3.8, 4) is 11.5 Å². The highest BCUT2D eigenvalue weighted by atomic mass is 16.5. The number of ether oxygens (including phenoxy) is 1. The number of phenolic OH excluding ortho intramolecular Hbond substituents is 1. The number of aromatic hydroxyl groups is 1. The van der Waals surface area contributed by atoms with Gasteiger partial charge in [0.05, 0.1) is 12.0 Å². The summed E-state index contributed by atoms with van der Waals surface area (Å²) in [6.07, 6.45) is 4.04. The molecule has 2 heterocycles. The van der Waals surface area contributed by atoms with Crippen molar-refractivity contribution in [3.05, 3.63) is 69.7 Å². The first-order valence-corrected chi connectivity index (χ1v) is 10.9. The zero-order valence-corrected chi connectivity index (χ0v) is 18.1. The van der Waals surface area contributed by atoms with E-state index in [1.165, 1.54) is 12.1 Å². The Morgan fingerprint density at radius 3 is 2.79 bits per heavy atom. The van der Waals surface area contributed by atoms with Gasteiger partial charge in [-0.05, 0) is 60.7 Å². The van der Waals surface area contributed by atoms with Crippen molar-refractivity contribution in [2.45, 2.75) is 31.7 Å². The van der Waals surface area contributed by atoms with Gasteiger partial charge in [-0.25, -0.2) is 4.79 Å². The second-order valence-electron chi connectivity index (χ2n) is 8.33.